The zero-order valence-electron chi connectivity index (χ0n) is 18.0. The van der Waals surface area contributed by atoms with Gasteiger partial charge < -0.3 is 25.5 Å². The summed E-state index contributed by atoms with van der Waals surface area (Å²) < 4.78 is 23.2. The highest BCUT2D eigenvalue weighted by Crippen LogP contribution is 2.26. The van der Waals surface area contributed by atoms with Crippen molar-refractivity contribution in [3.63, 3.8) is 0 Å². The van der Waals surface area contributed by atoms with E-state index in [-0.39, 0.29) is 19.3 Å². The summed E-state index contributed by atoms with van der Waals surface area (Å²) in [6.45, 7) is 1.69. The fourth-order valence-corrected chi connectivity index (χ4v) is 3.31. The van der Waals surface area contributed by atoms with Crippen LogP contribution in [0, 0.1) is 6.92 Å². The van der Waals surface area contributed by atoms with E-state index in [1.807, 2.05) is 13.0 Å². The molecule has 1 heterocycles. The van der Waals surface area contributed by atoms with E-state index in [0.717, 1.165) is 24.3 Å². The van der Waals surface area contributed by atoms with Gasteiger partial charge in [-0.15, -0.1) is 0 Å². The third-order valence-electron chi connectivity index (χ3n) is 5.06. The Morgan fingerprint density at radius 1 is 1.30 bits per heavy atom. The number of alkyl carbamates (subject to hydrolysis) is 1. The number of pyridine rings is 1. The second-order valence-electron chi connectivity index (χ2n) is 7.51. The van der Waals surface area contributed by atoms with Crippen LogP contribution in [0.15, 0.2) is 17.8 Å². The zero-order chi connectivity index (χ0) is 21.9. The first kappa shape index (κ1) is 23.7. The molecule has 0 bridgehead atoms. The van der Waals surface area contributed by atoms with E-state index in [9.17, 15) is 9.18 Å². The number of aryl methyl sites for hydroxylation is 1. The SMILES string of the molecule is Cc1nc(/C(N)=C(\CNC(=O)OCCCCF)N(C)N)ccc1OC1CCCCC1. The number of hydrogen-bond donors (Lipinski definition) is 3. The van der Waals surface area contributed by atoms with E-state index in [4.69, 9.17) is 21.1 Å². The Kier molecular flexibility index (Phi) is 9.66. The number of nitrogens with two attached hydrogens (primary N) is 2. The van der Waals surface area contributed by atoms with Crippen LogP contribution >= 0.6 is 0 Å². The van der Waals surface area contributed by atoms with Gasteiger partial charge >= 0.3 is 6.09 Å². The molecule has 1 aliphatic carbocycles. The molecule has 30 heavy (non-hydrogen) atoms. The van der Waals surface area contributed by atoms with Crippen LogP contribution in [0.3, 0.4) is 0 Å². The molecule has 1 saturated carbocycles. The summed E-state index contributed by atoms with van der Waals surface area (Å²) >= 11 is 0. The summed E-state index contributed by atoms with van der Waals surface area (Å²) in [5.74, 6) is 6.66. The summed E-state index contributed by atoms with van der Waals surface area (Å²) in [5, 5.41) is 3.94. The average molecular weight is 424 g/mol. The third-order valence-corrected chi connectivity index (χ3v) is 5.06. The molecule has 0 atom stereocenters. The van der Waals surface area contributed by atoms with Gasteiger partial charge in [-0.25, -0.2) is 15.6 Å². The van der Waals surface area contributed by atoms with E-state index >= 15 is 0 Å². The number of alkyl halides is 1. The van der Waals surface area contributed by atoms with Crippen LogP contribution in [0.25, 0.3) is 5.70 Å². The van der Waals surface area contributed by atoms with Crippen LogP contribution in [0.5, 0.6) is 5.75 Å². The minimum atomic E-state index is -0.610. The van der Waals surface area contributed by atoms with Crippen molar-refractivity contribution in [3.05, 3.63) is 29.2 Å². The maximum Gasteiger partial charge on any atom is 0.407 e. The van der Waals surface area contributed by atoms with Gasteiger partial charge in [0.2, 0.25) is 0 Å². The van der Waals surface area contributed by atoms with E-state index in [1.54, 1.807) is 13.1 Å². The standard InChI is InChI=1S/C21H34FN5O3/c1-15-19(30-16-8-4-3-5-9-16)11-10-17(26-15)20(23)18(27(2)24)14-25-21(28)29-13-7-6-12-22/h10-11,16H,3-9,12-14,23-24H2,1-2H3,(H,25,28)/b20-18-. The van der Waals surface area contributed by atoms with Gasteiger partial charge in [-0.3, -0.25) is 4.39 Å². The topological polar surface area (TPSA) is 116 Å². The van der Waals surface area contributed by atoms with Crippen LogP contribution in [0.2, 0.25) is 0 Å². The lowest BCUT2D eigenvalue weighted by molar-refractivity contribution is 0.143. The molecule has 0 radical (unpaired) electrons. The number of carbonyl (C=O) groups is 1. The van der Waals surface area contributed by atoms with Crippen molar-refractivity contribution in [2.75, 3.05) is 26.9 Å². The molecule has 1 amide bonds. The fourth-order valence-electron chi connectivity index (χ4n) is 3.31. The number of carbonyl (C=O) groups excluding carboxylic acids is 1. The molecule has 0 unspecified atom stereocenters. The number of hydrazine groups is 1. The molecule has 1 fully saturated rings. The Morgan fingerprint density at radius 2 is 2.03 bits per heavy atom. The normalized spacial score (nSPS) is 15.3. The van der Waals surface area contributed by atoms with E-state index in [0.29, 0.717) is 29.9 Å². The van der Waals surface area contributed by atoms with Gasteiger partial charge in [0.25, 0.3) is 0 Å². The highest BCUT2D eigenvalue weighted by Gasteiger charge is 2.18. The predicted octanol–water partition coefficient (Wildman–Crippen LogP) is 3.01. The number of hydrogen-bond acceptors (Lipinski definition) is 7. The summed E-state index contributed by atoms with van der Waals surface area (Å²) in [6, 6.07) is 3.67. The van der Waals surface area contributed by atoms with Gasteiger partial charge in [-0.05, 0) is 57.6 Å². The first-order valence-electron chi connectivity index (χ1n) is 10.5. The molecule has 0 spiro atoms. The monoisotopic (exact) mass is 423 g/mol. The number of amides is 1. The maximum atomic E-state index is 12.1. The number of likely N-dealkylation sites (N-methyl/N-ethyl adjacent to an activating group) is 1. The van der Waals surface area contributed by atoms with Crippen LogP contribution in [-0.4, -0.2) is 49.1 Å². The van der Waals surface area contributed by atoms with E-state index < -0.39 is 12.8 Å². The summed E-state index contributed by atoms with van der Waals surface area (Å²) in [4.78, 5) is 16.4. The molecule has 9 heteroatoms. The van der Waals surface area contributed by atoms with Gasteiger partial charge in [0.05, 0.1) is 48.7 Å². The van der Waals surface area contributed by atoms with Crippen molar-refractivity contribution in [2.45, 2.75) is 58.0 Å². The highest BCUT2D eigenvalue weighted by atomic mass is 19.1. The number of unbranched alkanes of at least 4 members (excludes halogenated alkanes) is 1. The Morgan fingerprint density at radius 3 is 2.67 bits per heavy atom. The van der Waals surface area contributed by atoms with Gasteiger partial charge in [-0.2, -0.15) is 0 Å². The molecular formula is C21H34FN5O3. The van der Waals surface area contributed by atoms with Gasteiger partial charge in [0.15, 0.2) is 0 Å². The molecule has 0 aromatic carbocycles. The molecule has 168 valence electrons. The number of halogens is 1. The van der Waals surface area contributed by atoms with Crippen molar-refractivity contribution in [2.24, 2.45) is 11.6 Å². The Bertz CT molecular complexity index is 721. The van der Waals surface area contributed by atoms with E-state index in [1.165, 1.54) is 24.3 Å². The number of aromatic nitrogens is 1. The summed E-state index contributed by atoms with van der Waals surface area (Å²) in [7, 11) is 1.63. The van der Waals surface area contributed by atoms with E-state index in [2.05, 4.69) is 10.3 Å². The lowest BCUT2D eigenvalue weighted by Gasteiger charge is -2.24. The van der Waals surface area contributed by atoms with Crippen LogP contribution < -0.4 is 21.6 Å². The van der Waals surface area contributed by atoms with Crippen molar-refractivity contribution < 1.29 is 18.7 Å². The average Bonchev–Trinajstić information content (AvgIpc) is 2.73. The largest absolute Gasteiger partial charge is 0.489 e. The van der Waals surface area contributed by atoms with Crippen molar-refractivity contribution in [1.82, 2.24) is 15.3 Å². The molecule has 0 saturated heterocycles. The number of nitrogens with zero attached hydrogens (tertiary/aromatic N) is 2. The minimum absolute atomic E-state index is 0.0713. The number of rotatable bonds is 10. The predicted molar refractivity (Wildman–Crippen MR) is 114 cm³/mol. The van der Waals surface area contributed by atoms with Crippen LogP contribution in [-0.2, 0) is 4.74 Å². The molecule has 2 rings (SSSR count). The molecule has 1 aromatic rings. The van der Waals surface area contributed by atoms with Crippen LogP contribution in [0.4, 0.5) is 9.18 Å². The Hall–Kier alpha value is -2.55. The van der Waals surface area contributed by atoms with Crippen molar-refractivity contribution in [3.8, 4) is 5.75 Å². The second-order valence-corrected chi connectivity index (χ2v) is 7.51. The van der Waals surface area contributed by atoms with Gasteiger partial charge in [0.1, 0.15) is 5.75 Å². The first-order chi connectivity index (χ1) is 14.4. The van der Waals surface area contributed by atoms with Crippen molar-refractivity contribution in [1.29, 1.82) is 0 Å². The molecule has 0 aliphatic heterocycles. The van der Waals surface area contributed by atoms with Gasteiger partial charge in [-0.1, -0.05) is 6.42 Å². The van der Waals surface area contributed by atoms with Crippen molar-refractivity contribution >= 4 is 11.8 Å². The smallest absolute Gasteiger partial charge is 0.407 e. The third kappa shape index (κ3) is 7.37. The molecular weight excluding hydrogens is 389 g/mol. The summed E-state index contributed by atoms with van der Waals surface area (Å²) in [6.07, 6.45) is 6.27. The zero-order valence-corrected chi connectivity index (χ0v) is 18.0. The lowest BCUT2D eigenvalue weighted by Crippen LogP contribution is -2.36. The van der Waals surface area contributed by atoms with Crippen LogP contribution in [0.1, 0.15) is 56.3 Å². The highest BCUT2D eigenvalue weighted by molar-refractivity contribution is 5.69. The fraction of sp³-hybridized carbons (Fsp3) is 0.619. The maximum absolute atomic E-state index is 12.1. The lowest BCUT2D eigenvalue weighted by atomic mass is 9.98. The molecule has 5 N–H and O–H groups in total. The summed E-state index contributed by atoms with van der Waals surface area (Å²) in [5.41, 5.74) is 8.43. The first-order valence-corrected chi connectivity index (χ1v) is 10.5. The molecule has 1 aliphatic rings. The second kappa shape index (κ2) is 12.2. The Balaban J connectivity index is 2.02. The number of ether oxygens (including phenoxy) is 2. The Labute approximate surface area is 177 Å². The molecule has 8 nitrogen and oxygen atoms in total. The minimum Gasteiger partial charge on any atom is -0.489 e. The molecule has 1 aromatic heterocycles. The number of nitrogens with one attached hydrogen (secondary N) is 1. The quantitative estimate of drug-likeness (QED) is 0.301. The van der Waals surface area contributed by atoms with Gasteiger partial charge in [0, 0.05) is 7.05 Å².